The highest BCUT2D eigenvalue weighted by atomic mass is 16.2. The topological polar surface area (TPSA) is 32.7 Å². The third kappa shape index (κ3) is 0.710. The Morgan fingerprint density at radius 2 is 2.38 bits per heavy atom. The second kappa shape index (κ2) is 1.58. The van der Waals surface area contributed by atoms with Gasteiger partial charge in [0, 0.05) is 7.05 Å². The van der Waals surface area contributed by atoms with Gasteiger partial charge in [-0.3, -0.25) is 0 Å². The summed E-state index contributed by atoms with van der Waals surface area (Å²) >= 11 is 0. The molecule has 0 bridgehead atoms. The number of urea groups is 1. The molecule has 42 valence electrons. The second-order valence-electron chi connectivity index (χ2n) is 1.65. The van der Waals surface area contributed by atoms with Gasteiger partial charge in [0.1, 0.15) is 6.54 Å². The molecule has 1 heterocycles. The highest BCUT2D eigenvalue weighted by Gasteiger charge is 2.16. The fourth-order valence-electron chi connectivity index (χ4n) is 0.534. The van der Waals surface area contributed by atoms with Gasteiger partial charge in [-0.2, -0.15) is 0 Å². The highest BCUT2D eigenvalue weighted by Crippen LogP contribution is 2.03. The Bertz CT molecular complexity index is 151. The summed E-state index contributed by atoms with van der Waals surface area (Å²) in [7, 11) is 1.63. The van der Waals surface area contributed by atoms with E-state index in [4.69, 9.17) is 0 Å². The highest BCUT2D eigenvalue weighted by molar-refractivity contribution is 6.05. The molecule has 2 radical (unpaired) electrons. The average Bonchev–Trinajstić information content (AvgIpc) is 1.85. The molecule has 0 unspecified atom stereocenters. The maximum absolute atomic E-state index is 10.5. The van der Waals surface area contributed by atoms with Gasteiger partial charge < -0.3 is 4.90 Å². The normalized spacial score (nSPS) is 19.5. The fraction of sp³-hybridized carbons (Fsp3) is 0.400. The maximum Gasteiger partial charge on any atom is 0.344 e. The lowest BCUT2D eigenvalue weighted by atomic mass is 10.4. The smallest absolute Gasteiger partial charge is 0.309 e. The van der Waals surface area contributed by atoms with Gasteiger partial charge in [-0.05, 0) is 6.92 Å². The minimum atomic E-state index is -0.234. The van der Waals surface area contributed by atoms with Crippen molar-refractivity contribution >= 4 is 11.7 Å². The van der Waals surface area contributed by atoms with Crippen LogP contribution in [-0.2, 0) is 0 Å². The standard InChI is InChI=1S/C5H6N2O/c1-4-3-7(2)5(8)6-4/h1-2H3. The summed E-state index contributed by atoms with van der Waals surface area (Å²) in [6, 6.07) is -0.234. The molecule has 0 aromatic heterocycles. The Hall–Kier alpha value is -0.860. The number of amides is 2. The Morgan fingerprint density at radius 3 is 2.50 bits per heavy atom. The predicted octanol–water partition coefficient (Wildman–Crippen LogP) is 0.551. The fourth-order valence-corrected chi connectivity index (χ4v) is 0.534. The number of nitrogens with zero attached hydrogens (tertiary/aromatic N) is 2. The van der Waals surface area contributed by atoms with Crippen molar-refractivity contribution in [3.05, 3.63) is 6.54 Å². The molecule has 0 saturated carbocycles. The van der Waals surface area contributed by atoms with E-state index in [1.165, 1.54) is 4.90 Å². The van der Waals surface area contributed by atoms with Crippen LogP contribution in [0.4, 0.5) is 4.79 Å². The summed E-state index contributed by atoms with van der Waals surface area (Å²) < 4.78 is 0. The van der Waals surface area contributed by atoms with Crippen molar-refractivity contribution in [3.8, 4) is 0 Å². The molecule has 0 spiro atoms. The predicted molar refractivity (Wildman–Crippen MR) is 29.5 cm³/mol. The van der Waals surface area contributed by atoms with Crippen molar-refractivity contribution in [3.63, 3.8) is 0 Å². The Balaban J connectivity index is 2.70. The van der Waals surface area contributed by atoms with Crippen LogP contribution in [0.25, 0.3) is 0 Å². The first-order valence-electron chi connectivity index (χ1n) is 2.30. The molecule has 0 atom stereocenters. The number of hydrogen-bond acceptors (Lipinski definition) is 1. The van der Waals surface area contributed by atoms with Gasteiger partial charge >= 0.3 is 6.03 Å². The molecule has 1 aliphatic heterocycles. The molecule has 2 amide bonds. The molecule has 0 aromatic carbocycles. The van der Waals surface area contributed by atoms with E-state index in [-0.39, 0.29) is 6.03 Å². The summed E-state index contributed by atoms with van der Waals surface area (Å²) in [4.78, 5) is 15.4. The lowest BCUT2D eigenvalue weighted by molar-refractivity contribution is 0.232. The largest absolute Gasteiger partial charge is 0.344 e. The van der Waals surface area contributed by atoms with Crippen LogP contribution in [0, 0.1) is 6.54 Å². The van der Waals surface area contributed by atoms with Gasteiger partial charge in [0.2, 0.25) is 0 Å². The zero-order valence-corrected chi connectivity index (χ0v) is 4.80. The second-order valence-corrected chi connectivity index (χ2v) is 1.65. The molecule has 0 aromatic rings. The first kappa shape index (κ1) is 5.28. The molecule has 0 aliphatic carbocycles. The van der Waals surface area contributed by atoms with Crippen molar-refractivity contribution in [2.24, 2.45) is 4.99 Å². The lowest BCUT2D eigenvalue weighted by Crippen LogP contribution is -2.14. The van der Waals surface area contributed by atoms with E-state index in [2.05, 4.69) is 11.5 Å². The van der Waals surface area contributed by atoms with Gasteiger partial charge in [-0.15, -0.1) is 0 Å². The zero-order valence-electron chi connectivity index (χ0n) is 4.80. The minimum Gasteiger partial charge on any atom is -0.309 e. The van der Waals surface area contributed by atoms with E-state index >= 15 is 0 Å². The Morgan fingerprint density at radius 1 is 1.75 bits per heavy atom. The molecule has 1 aliphatic rings. The van der Waals surface area contributed by atoms with Crippen molar-refractivity contribution in [1.82, 2.24) is 4.90 Å². The van der Waals surface area contributed by atoms with Crippen LogP contribution in [0.3, 0.4) is 0 Å². The molecule has 3 heteroatoms. The Labute approximate surface area is 48.0 Å². The third-order valence-corrected chi connectivity index (χ3v) is 0.880. The SMILES string of the molecule is CC1=NC(=O)N(C)[C]1. The van der Waals surface area contributed by atoms with Crippen LogP contribution in [0.5, 0.6) is 0 Å². The number of rotatable bonds is 0. The van der Waals surface area contributed by atoms with E-state index in [9.17, 15) is 4.79 Å². The van der Waals surface area contributed by atoms with Crippen LogP contribution >= 0.6 is 0 Å². The van der Waals surface area contributed by atoms with E-state index in [0.717, 1.165) is 0 Å². The molecule has 0 fully saturated rings. The number of aliphatic imine (C=N–C) groups is 1. The van der Waals surface area contributed by atoms with Gasteiger partial charge in [0.25, 0.3) is 0 Å². The number of carbonyl (C=O) groups is 1. The van der Waals surface area contributed by atoms with Crippen molar-refractivity contribution in [1.29, 1.82) is 0 Å². The quantitative estimate of drug-likeness (QED) is 0.448. The minimum absolute atomic E-state index is 0.234. The molecule has 8 heavy (non-hydrogen) atoms. The van der Waals surface area contributed by atoms with Crippen LogP contribution < -0.4 is 0 Å². The third-order valence-electron chi connectivity index (χ3n) is 0.880. The van der Waals surface area contributed by atoms with Crippen LogP contribution in [-0.4, -0.2) is 23.7 Å². The summed E-state index contributed by atoms with van der Waals surface area (Å²) in [6.07, 6.45) is 0. The van der Waals surface area contributed by atoms with Gasteiger partial charge in [0.15, 0.2) is 0 Å². The first-order valence-corrected chi connectivity index (χ1v) is 2.30. The van der Waals surface area contributed by atoms with Crippen LogP contribution in [0.15, 0.2) is 4.99 Å². The molecule has 0 N–H and O–H groups in total. The summed E-state index contributed by atoms with van der Waals surface area (Å²) in [5.41, 5.74) is 0.650. The number of carbonyl (C=O) groups excluding carboxylic acids is 1. The summed E-state index contributed by atoms with van der Waals surface area (Å²) in [5.74, 6) is 0. The van der Waals surface area contributed by atoms with Gasteiger partial charge in [-0.25, -0.2) is 9.79 Å². The van der Waals surface area contributed by atoms with E-state index in [1.807, 2.05) is 0 Å². The summed E-state index contributed by atoms with van der Waals surface area (Å²) in [5, 5.41) is 0. The van der Waals surface area contributed by atoms with E-state index in [1.54, 1.807) is 14.0 Å². The molecule has 1 rings (SSSR count). The number of hydrogen-bond donors (Lipinski definition) is 0. The zero-order chi connectivity index (χ0) is 6.15. The first-order chi connectivity index (χ1) is 3.70. The van der Waals surface area contributed by atoms with Gasteiger partial charge in [0.05, 0.1) is 5.71 Å². The van der Waals surface area contributed by atoms with E-state index in [0.29, 0.717) is 5.71 Å². The Kier molecular flexibility index (Phi) is 1.04. The molecule has 3 nitrogen and oxygen atoms in total. The van der Waals surface area contributed by atoms with Crippen molar-refractivity contribution in [2.75, 3.05) is 7.05 Å². The van der Waals surface area contributed by atoms with Crippen molar-refractivity contribution in [2.45, 2.75) is 6.92 Å². The van der Waals surface area contributed by atoms with E-state index < -0.39 is 0 Å². The lowest BCUT2D eigenvalue weighted by Gasteiger charge is -2.00. The van der Waals surface area contributed by atoms with Crippen molar-refractivity contribution < 1.29 is 4.79 Å². The van der Waals surface area contributed by atoms with Crippen LogP contribution in [0.2, 0.25) is 0 Å². The monoisotopic (exact) mass is 110 g/mol. The molecular weight excluding hydrogens is 104 g/mol. The summed E-state index contributed by atoms with van der Waals surface area (Å²) in [6.45, 7) is 4.44. The molecular formula is C5H6N2O. The van der Waals surface area contributed by atoms with Crippen LogP contribution in [0.1, 0.15) is 6.92 Å². The molecule has 0 saturated heterocycles. The maximum atomic E-state index is 10.5. The van der Waals surface area contributed by atoms with Gasteiger partial charge in [-0.1, -0.05) is 0 Å². The average molecular weight is 110 g/mol.